The lowest BCUT2D eigenvalue weighted by Crippen LogP contribution is -2.07. The van der Waals surface area contributed by atoms with Gasteiger partial charge in [0.1, 0.15) is 6.10 Å². The minimum absolute atomic E-state index is 0.241. The molecule has 0 aromatic heterocycles. The molecule has 4 nitrogen and oxygen atoms in total. The SMILES string of the molecule is CC1OC(=O)C(=O)C1=CN. The second-order valence-corrected chi connectivity index (χ2v) is 2.00. The molecule has 1 fully saturated rings. The first-order valence-corrected chi connectivity index (χ1v) is 2.84. The van der Waals surface area contributed by atoms with Crippen LogP contribution in [0.4, 0.5) is 0 Å². The zero-order valence-corrected chi connectivity index (χ0v) is 5.46. The van der Waals surface area contributed by atoms with Crippen LogP contribution < -0.4 is 5.73 Å². The summed E-state index contributed by atoms with van der Waals surface area (Å²) in [5, 5.41) is 0. The molecule has 0 spiro atoms. The summed E-state index contributed by atoms with van der Waals surface area (Å²) < 4.78 is 4.54. The van der Waals surface area contributed by atoms with Gasteiger partial charge in [0.15, 0.2) is 0 Å². The molecule has 0 aromatic carbocycles. The number of nitrogens with two attached hydrogens (primary N) is 1. The van der Waals surface area contributed by atoms with Gasteiger partial charge in [-0.05, 0) is 6.92 Å². The van der Waals surface area contributed by atoms with Crippen molar-refractivity contribution in [2.45, 2.75) is 13.0 Å². The maximum atomic E-state index is 10.7. The maximum absolute atomic E-state index is 10.7. The van der Waals surface area contributed by atoms with E-state index in [4.69, 9.17) is 5.73 Å². The number of hydrogen-bond acceptors (Lipinski definition) is 4. The van der Waals surface area contributed by atoms with E-state index in [-0.39, 0.29) is 5.57 Å². The van der Waals surface area contributed by atoms with E-state index in [1.54, 1.807) is 6.92 Å². The minimum Gasteiger partial charge on any atom is -0.452 e. The van der Waals surface area contributed by atoms with Crippen molar-refractivity contribution in [2.24, 2.45) is 5.73 Å². The van der Waals surface area contributed by atoms with Crippen molar-refractivity contribution in [3.63, 3.8) is 0 Å². The number of esters is 1. The van der Waals surface area contributed by atoms with Gasteiger partial charge >= 0.3 is 5.97 Å². The fourth-order valence-electron chi connectivity index (χ4n) is 0.791. The molecular weight excluding hydrogens is 134 g/mol. The van der Waals surface area contributed by atoms with Crippen molar-refractivity contribution in [1.82, 2.24) is 0 Å². The topological polar surface area (TPSA) is 69.4 Å². The summed E-state index contributed by atoms with van der Waals surface area (Å²) in [7, 11) is 0. The Labute approximate surface area is 57.6 Å². The third kappa shape index (κ3) is 0.775. The highest BCUT2D eigenvalue weighted by Gasteiger charge is 2.34. The first-order valence-electron chi connectivity index (χ1n) is 2.84. The summed E-state index contributed by atoms with van der Waals surface area (Å²) >= 11 is 0. The molecular formula is C6H7NO3. The number of ether oxygens (including phenoxy) is 1. The number of carbonyl (C=O) groups is 2. The van der Waals surface area contributed by atoms with Gasteiger partial charge in [0, 0.05) is 6.20 Å². The molecule has 0 amide bonds. The van der Waals surface area contributed by atoms with Crippen LogP contribution in [0.15, 0.2) is 11.8 Å². The standard InChI is InChI=1S/C6H7NO3/c1-3-4(2-7)5(8)6(9)10-3/h2-3H,7H2,1H3. The molecule has 1 heterocycles. The van der Waals surface area contributed by atoms with E-state index >= 15 is 0 Å². The second-order valence-electron chi connectivity index (χ2n) is 2.00. The fraction of sp³-hybridized carbons (Fsp3) is 0.333. The maximum Gasteiger partial charge on any atom is 0.380 e. The van der Waals surface area contributed by atoms with Gasteiger partial charge in [-0.25, -0.2) is 4.79 Å². The molecule has 1 saturated heterocycles. The largest absolute Gasteiger partial charge is 0.452 e. The highest BCUT2D eigenvalue weighted by molar-refractivity contribution is 6.42. The summed E-state index contributed by atoms with van der Waals surface area (Å²) in [6, 6.07) is 0. The number of hydrogen-bond donors (Lipinski definition) is 1. The van der Waals surface area contributed by atoms with Crippen LogP contribution in [0.3, 0.4) is 0 Å². The molecule has 0 aliphatic carbocycles. The molecule has 2 N–H and O–H groups in total. The zero-order chi connectivity index (χ0) is 7.72. The van der Waals surface area contributed by atoms with Crippen LogP contribution in [0, 0.1) is 0 Å². The minimum atomic E-state index is -0.816. The Morgan fingerprint density at radius 1 is 1.60 bits per heavy atom. The average molecular weight is 141 g/mol. The smallest absolute Gasteiger partial charge is 0.380 e. The molecule has 0 bridgehead atoms. The van der Waals surface area contributed by atoms with Crippen molar-refractivity contribution in [2.75, 3.05) is 0 Å². The summed E-state index contributed by atoms with van der Waals surface area (Å²) in [5.41, 5.74) is 5.30. The van der Waals surface area contributed by atoms with Gasteiger partial charge < -0.3 is 10.5 Å². The lowest BCUT2D eigenvalue weighted by molar-refractivity contribution is -0.148. The van der Waals surface area contributed by atoms with Gasteiger partial charge in [-0.2, -0.15) is 0 Å². The second kappa shape index (κ2) is 2.13. The van der Waals surface area contributed by atoms with Crippen LogP contribution in [-0.2, 0) is 14.3 Å². The molecule has 0 aromatic rings. The van der Waals surface area contributed by atoms with Crippen molar-refractivity contribution in [1.29, 1.82) is 0 Å². The molecule has 1 unspecified atom stereocenters. The van der Waals surface area contributed by atoms with Crippen LogP contribution in [-0.4, -0.2) is 17.9 Å². The molecule has 4 heteroatoms. The Hall–Kier alpha value is -1.32. The normalized spacial score (nSPS) is 29.3. The summed E-state index contributed by atoms with van der Waals surface area (Å²) in [6.45, 7) is 1.60. The first kappa shape index (κ1) is 6.80. The van der Waals surface area contributed by atoms with E-state index in [1.807, 2.05) is 0 Å². The van der Waals surface area contributed by atoms with Gasteiger partial charge in [0.25, 0.3) is 5.78 Å². The third-order valence-electron chi connectivity index (χ3n) is 1.35. The predicted octanol–water partition coefficient (Wildman–Crippen LogP) is -0.657. The van der Waals surface area contributed by atoms with Crippen molar-refractivity contribution in [3.8, 4) is 0 Å². The average Bonchev–Trinajstić information content (AvgIpc) is 2.09. The first-order chi connectivity index (χ1) is 4.66. The van der Waals surface area contributed by atoms with Gasteiger partial charge in [-0.3, -0.25) is 4.79 Å². The molecule has 0 radical (unpaired) electrons. The molecule has 1 atom stereocenters. The van der Waals surface area contributed by atoms with Crippen LogP contribution in [0.2, 0.25) is 0 Å². The molecule has 1 rings (SSSR count). The van der Waals surface area contributed by atoms with E-state index in [1.165, 1.54) is 0 Å². The van der Waals surface area contributed by atoms with Gasteiger partial charge in [-0.1, -0.05) is 0 Å². The number of Topliss-reactive ketones (excluding diaryl/α,β-unsaturated/α-hetero) is 1. The summed E-state index contributed by atoms with van der Waals surface area (Å²) in [5.74, 6) is -1.45. The lowest BCUT2D eigenvalue weighted by Gasteiger charge is -1.97. The van der Waals surface area contributed by atoms with Crippen LogP contribution in [0.25, 0.3) is 0 Å². The number of ketones is 1. The van der Waals surface area contributed by atoms with Crippen molar-refractivity contribution >= 4 is 11.8 Å². The third-order valence-corrected chi connectivity index (χ3v) is 1.35. The molecule has 0 saturated carbocycles. The Balaban J connectivity index is 2.96. The number of carbonyl (C=O) groups excluding carboxylic acids is 2. The monoisotopic (exact) mass is 141 g/mol. The predicted molar refractivity (Wildman–Crippen MR) is 32.8 cm³/mol. The molecule has 54 valence electrons. The fourth-order valence-corrected chi connectivity index (χ4v) is 0.791. The van der Waals surface area contributed by atoms with Gasteiger partial charge in [-0.15, -0.1) is 0 Å². The Morgan fingerprint density at radius 3 is 2.40 bits per heavy atom. The van der Waals surface area contributed by atoms with Gasteiger partial charge in [0.2, 0.25) is 0 Å². The lowest BCUT2D eigenvalue weighted by atomic mass is 10.1. The van der Waals surface area contributed by atoms with Gasteiger partial charge in [0.05, 0.1) is 5.57 Å². The van der Waals surface area contributed by atoms with E-state index in [0.717, 1.165) is 6.20 Å². The zero-order valence-electron chi connectivity index (χ0n) is 5.46. The van der Waals surface area contributed by atoms with Crippen LogP contribution in [0.5, 0.6) is 0 Å². The van der Waals surface area contributed by atoms with Crippen LogP contribution in [0.1, 0.15) is 6.92 Å². The number of rotatable bonds is 0. The van der Waals surface area contributed by atoms with Crippen LogP contribution >= 0.6 is 0 Å². The van der Waals surface area contributed by atoms with Crippen molar-refractivity contribution < 1.29 is 14.3 Å². The van der Waals surface area contributed by atoms with E-state index < -0.39 is 17.9 Å². The summed E-state index contributed by atoms with van der Waals surface area (Å²) in [6.07, 6.45) is 0.628. The van der Waals surface area contributed by atoms with E-state index in [0.29, 0.717) is 0 Å². The molecule has 1 aliphatic rings. The molecule has 10 heavy (non-hydrogen) atoms. The Bertz CT molecular complexity index is 219. The highest BCUT2D eigenvalue weighted by atomic mass is 16.6. The quantitative estimate of drug-likeness (QED) is 0.276. The van der Waals surface area contributed by atoms with E-state index in [9.17, 15) is 9.59 Å². The highest BCUT2D eigenvalue weighted by Crippen LogP contribution is 2.15. The van der Waals surface area contributed by atoms with Crippen molar-refractivity contribution in [3.05, 3.63) is 11.8 Å². The van der Waals surface area contributed by atoms with E-state index in [2.05, 4.69) is 4.74 Å². The Morgan fingerprint density at radius 2 is 2.20 bits per heavy atom. The number of cyclic esters (lactones) is 1. The Kier molecular flexibility index (Phi) is 1.45. The summed E-state index contributed by atoms with van der Waals surface area (Å²) in [4.78, 5) is 21.2. The molecule has 1 aliphatic heterocycles.